The van der Waals surface area contributed by atoms with Crippen LogP contribution in [0.25, 0.3) is 10.9 Å². The fourth-order valence-corrected chi connectivity index (χ4v) is 2.31. The summed E-state index contributed by atoms with van der Waals surface area (Å²) in [5.74, 6) is -0.166. The summed E-state index contributed by atoms with van der Waals surface area (Å²) in [6.07, 6.45) is 0. The second-order valence-electron chi connectivity index (χ2n) is 4.80. The van der Waals surface area contributed by atoms with Crippen molar-refractivity contribution in [2.24, 2.45) is 0 Å². The quantitative estimate of drug-likeness (QED) is 0.649. The highest BCUT2D eigenvalue weighted by molar-refractivity contribution is 6.30. The smallest absolute Gasteiger partial charge is 0.267 e. The zero-order chi connectivity index (χ0) is 14.8. The van der Waals surface area contributed by atoms with Crippen LogP contribution in [-0.4, -0.2) is 10.9 Å². The molecule has 106 valence electrons. The maximum absolute atomic E-state index is 12.2. The predicted octanol–water partition coefficient (Wildman–Crippen LogP) is 3.33. The number of aromatic amines is 1. The fraction of sp³-hybridized carbons (Fsp3) is 0.0625. The molecule has 4 N–H and O–H groups in total. The number of hydrogen-bond acceptors (Lipinski definition) is 2. The standard InChI is InChI=1S/C16H14ClN3O/c17-12-6-4-10(5-7-12)9-19-16(21)14-8-11-2-1-3-13(18)15(11)20-14/h1-8,20H,9,18H2,(H,19,21). The molecule has 0 aliphatic rings. The topological polar surface area (TPSA) is 70.9 Å². The summed E-state index contributed by atoms with van der Waals surface area (Å²) in [4.78, 5) is 15.2. The number of hydrogen-bond donors (Lipinski definition) is 3. The number of amides is 1. The molecule has 0 spiro atoms. The molecule has 0 fully saturated rings. The molecule has 0 atom stereocenters. The van der Waals surface area contributed by atoms with Crippen molar-refractivity contribution in [1.29, 1.82) is 0 Å². The Morgan fingerprint density at radius 3 is 2.67 bits per heavy atom. The molecule has 0 saturated carbocycles. The van der Waals surface area contributed by atoms with E-state index in [2.05, 4.69) is 10.3 Å². The van der Waals surface area contributed by atoms with E-state index < -0.39 is 0 Å². The number of rotatable bonds is 3. The average molecular weight is 300 g/mol. The molecule has 0 saturated heterocycles. The van der Waals surface area contributed by atoms with Gasteiger partial charge in [-0.1, -0.05) is 35.9 Å². The van der Waals surface area contributed by atoms with Crippen molar-refractivity contribution in [1.82, 2.24) is 10.3 Å². The number of aromatic nitrogens is 1. The van der Waals surface area contributed by atoms with Gasteiger partial charge in [-0.3, -0.25) is 4.79 Å². The maximum atomic E-state index is 12.2. The van der Waals surface area contributed by atoms with E-state index in [1.54, 1.807) is 24.3 Å². The van der Waals surface area contributed by atoms with Crippen molar-refractivity contribution in [3.8, 4) is 0 Å². The normalized spacial score (nSPS) is 10.7. The molecule has 1 amide bonds. The second-order valence-corrected chi connectivity index (χ2v) is 5.24. The van der Waals surface area contributed by atoms with Crippen molar-refractivity contribution < 1.29 is 4.79 Å². The lowest BCUT2D eigenvalue weighted by Gasteiger charge is -2.04. The Kier molecular flexibility index (Phi) is 3.54. The molecule has 1 heterocycles. The first-order chi connectivity index (χ1) is 10.1. The fourth-order valence-electron chi connectivity index (χ4n) is 2.18. The molecule has 0 bridgehead atoms. The monoisotopic (exact) mass is 299 g/mol. The molecule has 4 nitrogen and oxygen atoms in total. The van der Waals surface area contributed by atoms with Crippen LogP contribution in [-0.2, 0) is 6.54 Å². The molecule has 0 aliphatic heterocycles. The van der Waals surface area contributed by atoms with E-state index in [-0.39, 0.29) is 5.91 Å². The Morgan fingerprint density at radius 1 is 1.19 bits per heavy atom. The number of carbonyl (C=O) groups is 1. The van der Waals surface area contributed by atoms with Gasteiger partial charge in [0.05, 0.1) is 11.2 Å². The molecule has 1 aromatic heterocycles. The van der Waals surface area contributed by atoms with Crippen LogP contribution in [0, 0.1) is 0 Å². The van der Waals surface area contributed by atoms with Gasteiger partial charge in [-0.2, -0.15) is 0 Å². The van der Waals surface area contributed by atoms with Gasteiger partial charge in [0, 0.05) is 17.0 Å². The second kappa shape index (κ2) is 5.50. The highest BCUT2D eigenvalue weighted by Crippen LogP contribution is 2.21. The number of nitrogens with one attached hydrogen (secondary N) is 2. The van der Waals surface area contributed by atoms with Crippen LogP contribution in [0.5, 0.6) is 0 Å². The minimum Gasteiger partial charge on any atom is -0.397 e. The van der Waals surface area contributed by atoms with Crippen LogP contribution >= 0.6 is 11.6 Å². The number of para-hydroxylation sites is 1. The number of halogens is 1. The van der Waals surface area contributed by atoms with Gasteiger partial charge in [-0.25, -0.2) is 0 Å². The lowest BCUT2D eigenvalue weighted by Crippen LogP contribution is -2.23. The van der Waals surface area contributed by atoms with Crippen molar-refractivity contribution in [2.75, 3.05) is 5.73 Å². The number of nitrogens with two attached hydrogens (primary N) is 1. The van der Waals surface area contributed by atoms with Gasteiger partial charge in [0.2, 0.25) is 0 Å². The number of anilines is 1. The third kappa shape index (κ3) is 2.85. The highest BCUT2D eigenvalue weighted by Gasteiger charge is 2.10. The first kappa shape index (κ1) is 13.5. The molecule has 3 rings (SSSR count). The lowest BCUT2D eigenvalue weighted by atomic mass is 10.2. The Balaban J connectivity index is 1.75. The number of benzene rings is 2. The van der Waals surface area contributed by atoms with Gasteiger partial charge in [0.25, 0.3) is 5.91 Å². The van der Waals surface area contributed by atoms with Gasteiger partial charge < -0.3 is 16.0 Å². The number of H-pyrrole nitrogens is 1. The van der Waals surface area contributed by atoms with Crippen LogP contribution in [0.1, 0.15) is 16.1 Å². The molecular weight excluding hydrogens is 286 g/mol. The molecule has 3 aromatic rings. The van der Waals surface area contributed by atoms with Gasteiger partial charge in [-0.05, 0) is 29.8 Å². The third-order valence-electron chi connectivity index (χ3n) is 3.30. The molecule has 0 unspecified atom stereocenters. The maximum Gasteiger partial charge on any atom is 0.267 e. The first-order valence-electron chi connectivity index (χ1n) is 6.53. The summed E-state index contributed by atoms with van der Waals surface area (Å²) in [5.41, 5.74) is 8.77. The molecule has 2 aromatic carbocycles. The Labute approximate surface area is 126 Å². The van der Waals surface area contributed by atoms with Crippen LogP contribution in [0.15, 0.2) is 48.5 Å². The number of nitrogen functional groups attached to an aromatic ring is 1. The lowest BCUT2D eigenvalue weighted by molar-refractivity contribution is 0.0947. The summed E-state index contributed by atoms with van der Waals surface area (Å²) < 4.78 is 0. The number of carbonyl (C=O) groups excluding carboxylic acids is 1. The molecule has 0 radical (unpaired) electrons. The molecule has 5 heteroatoms. The van der Waals surface area contributed by atoms with E-state index in [4.69, 9.17) is 17.3 Å². The van der Waals surface area contributed by atoms with Gasteiger partial charge in [0.1, 0.15) is 5.69 Å². The average Bonchev–Trinajstić information content (AvgIpc) is 2.92. The van der Waals surface area contributed by atoms with E-state index in [1.165, 1.54) is 0 Å². The van der Waals surface area contributed by atoms with Crippen molar-refractivity contribution in [3.05, 3.63) is 64.8 Å². The van der Waals surface area contributed by atoms with Crippen molar-refractivity contribution in [3.63, 3.8) is 0 Å². The summed E-state index contributed by atoms with van der Waals surface area (Å²) in [6.45, 7) is 0.445. The zero-order valence-electron chi connectivity index (χ0n) is 11.2. The Bertz CT molecular complexity index is 793. The highest BCUT2D eigenvalue weighted by atomic mass is 35.5. The van der Waals surface area contributed by atoms with Gasteiger partial charge in [0.15, 0.2) is 0 Å². The number of fused-ring (bicyclic) bond motifs is 1. The van der Waals surface area contributed by atoms with E-state index in [9.17, 15) is 4.79 Å². The van der Waals surface area contributed by atoms with Crippen LogP contribution < -0.4 is 11.1 Å². The summed E-state index contributed by atoms with van der Waals surface area (Å²) in [5, 5.41) is 4.46. The first-order valence-corrected chi connectivity index (χ1v) is 6.91. The summed E-state index contributed by atoms with van der Waals surface area (Å²) in [6, 6.07) is 14.7. The summed E-state index contributed by atoms with van der Waals surface area (Å²) >= 11 is 5.83. The predicted molar refractivity (Wildman–Crippen MR) is 85.3 cm³/mol. The van der Waals surface area contributed by atoms with E-state index >= 15 is 0 Å². The third-order valence-corrected chi connectivity index (χ3v) is 3.55. The van der Waals surface area contributed by atoms with Crippen molar-refractivity contribution >= 4 is 34.1 Å². The Morgan fingerprint density at radius 2 is 1.95 bits per heavy atom. The largest absolute Gasteiger partial charge is 0.397 e. The van der Waals surface area contributed by atoms with Crippen LogP contribution in [0.3, 0.4) is 0 Å². The van der Waals surface area contributed by atoms with E-state index in [1.807, 2.05) is 24.3 Å². The van der Waals surface area contributed by atoms with Crippen LogP contribution in [0.2, 0.25) is 5.02 Å². The molecule has 21 heavy (non-hydrogen) atoms. The van der Waals surface area contributed by atoms with Gasteiger partial charge in [-0.15, -0.1) is 0 Å². The molecular formula is C16H14ClN3O. The Hall–Kier alpha value is -2.46. The van der Waals surface area contributed by atoms with Crippen molar-refractivity contribution in [2.45, 2.75) is 6.54 Å². The van der Waals surface area contributed by atoms with E-state index in [0.717, 1.165) is 16.5 Å². The molecule has 0 aliphatic carbocycles. The van der Waals surface area contributed by atoms with E-state index in [0.29, 0.717) is 22.9 Å². The zero-order valence-corrected chi connectivity index (χ0v) is 11.9. The SMILES string of the molecule is Nc1cccc2cc(C(=O)NCc3ccc(Cl)cc3)[nH]c12. The minimum absolute atomic E-state index is 0.166. The minimum atomic E-state index is -0.166. The van der Waals surface area contributed by atoms with Gasteiger partial charge >= 0.3 is 0 Å². The van der Waals surface area contributed by atoms with Crippen LogP contribution in [0.4, 0.5) is 5.69 Å². The summed E-state index contributed by atoms with van der Waals surface area (Å²) in [7, 11) is 0.